The monoisotopic (exact) mass is 323 g/mol. The number of rotatable bonds is 6. The van der Waals surface area contributed by atoms with Gasteiger partial charge in [0.1, 0.15) is 0 Å². The maximum atomic E-state index is 11.7. The lowest BCUT2D eigenvalue weighted by molar-refractivity contribution is -0.137. The van der Waals surface area contributed by atoms with E-state index in [1.54, 1.807) is 0 Å². The molecule has 0 aromatic heterocycles. The van der Waals surface area contributed by atoms with E-state index in [0.717, 1.165) is 11.1 Å². The van der Waals surface area contributed by atoms with Crippen molar-refractivity contribution >= 4 is 11.9 Å². The van der Waals surface area contributed by atoms with Gasteiger partial charge >= 0.3 is 5.97 Å². The topological polar surface area (TPSA) is 66.4 Å². The van der Waals surface area contributed by atoms with Crippen molar-refractivity contribution in [2.24, 2.45) is 0 Å². The van der Waals surface area contributed by atoms with E-state index in [-0.39, 0.29) is 12.3 Å². The number of carbonyl (C=O) groups is 2. The number of aliphatic carboxylic acids is 1. The highest BCUT2D eigenvalue weighted by molar-refractivity contribution is 5.79. The Balaban J connectivity index is 1.75. The minimum absolute atomic E-state index is 0.0151. The molecular weight excluding hydrogens is 302 g/mol. The first kappa shape index (κ1) is 16.2. The third kappa shape index (κ3) is 3.82. The molecule has 0 bridgehead atoms. The van der Waals surface area contributed by atoms with Crippen LogP contribution in [0.25, 0.3) is 11.1 Å². The summed E-state index contributed by atoms with van der Waals surface area (Å²) in [6.45, 7) is 0. The summed E-state index contributed by atoms with van der Waals surface area (Å²) in [5.74, 6) is -0.809. The Morgan fingerprint density at radius 3 is 2.29 bits per heavy atom. The van der Waals surface area contributed by atoms with Gasteiger partial charge in [-0.25, -0.2) is 0 Å². The molecule has 1 amide bonds. The smallest absolute Gasteiger partial charge is 0.303 e. The Morgan fingerprint density at radius 2 is 1.71 bits per heavy atom. The molecular formula is C20H21NO3. The normalized spacial score (nSPS) is 19.9. The molecule has 1 atom stereocenters. The lowest BCUT2D eigenvalue weighted by Gasteiger charge is -2.29. The van der Waals surface area contributed by atoms with Crippen LogP contribution in [0.3, 0.4) is 0 Å². The number of hydrogen-bond acceptors (Lipinski definition) is 2. The Hall–Kier alpha value is -2.62. The van der Waals surface area contributed by atoms with Gasteiger partial charge in [-0.15, -0.1) is 0 Å². The number of benzene rings is 2. The number of carboxylic acids is 1. The molecule has 4 heteroatoms. The molecule has 3 rings (SSSR count). The molecule has 0 radical (unpaired) electrons. The Labute approximate surface area is 141 Å². The molecule has 1 heterocycles. The van der Waals surface area contributed by atoms with Crippen LogP contribution in [0.15, 0.2) is 54.6 Å². The number of nitrogens with one attached hydrogen (secondary N) is 1. The minimum atomic E-state index is -0.824. The molecule has 124 valence electrons. The van der Waals surface area contributed by atoms with E-state index < -0.39 is 11.5 Å². The summed E-state index contributed by atoms with van der Waals surface area (Å²) in [6.07, 6.45) is 2.37. The van der Waals surface area contributed by atoms with Crippen molar-refractivity contribution in [3.63, 3.8) is 0 Å². The fourth-order valence-corrected chi connectivity index (χ4v) is 3.36. The van der Waals surface area contributed by atoms with Crippen LogP contribution in [0.5, 0.6) is 0 Å². The summed E-state index contributed by atoms with van der Waals surface area (Å²) in [4.78, 5) is 22.6. The molecule has 0 aliphatic carbocycles. The van der Waals surface area contributed by atoms with Crippen molar-refractivity contribution in [3.8, 4) is 11.1 Å². The maximum Gasteiger partial charge on any atom is 0.303 e. The largest absolute Gasteiger partial charge is 0.481 e. The summed E-state index contributed by atoms with van der Waals surface area (Å²) in [5, 5.41) is 12.0. The first-order valence-electron chi connectivity index (χ1n) is 8.24. The van der Waals surface area contributed by atoms with Crippen molar-refractivity contribution in [3.05, 3.63) is 60.2 Å². The third-order valence-corrected chi connectivity index (χ3v) is 4.66. The van der Waals surface area contributed by atoms with Gasteiger partial charge in [-0.05, 0) is 36.0 Å². The van der Waals surface area contributed by atoms with Crippen LogP contribution in [-0.4, -0.2) is 22.5 Å². The molecule has 1 aliphatic heterocycles. The first-order chi connectivity index (χ1) is 11.6. The summed E-state index contributed by atoms with van der Waals surface area (Å²) < 4.78 is 0. The van der Waals surface area contributed by atoms with Crippen LogP contribution in [0.1, 0.15) is 31.2 Å². The molecule has 0 unspecified atom stereocenters. The molecule has 1 fully saturated rings. The van der Waals surface area contributed by atoms with Crippen molar-refractivity contribution in [2.75, 3.05) is 0 Å². The van der Waals surface area contributed by atoms with Crippen LogP contribution in [-0.2, 0) is 16.0 Å². The van der Waals surface area contributed by atoms with Crippen LogP contribution < -0.4 is 5.32 Å². The van der Waals surface area contributed by atoms with Crippen LogP contribution in [0.2, 0.25) is 0 Å². The second kappa shape index (κ2) is 6.87. The Kier molecular flexibility index (Phi) is 4.65. The molecule has 4 nitrogen and oxygen atoms in total. The molecule has 0 saturated carbocycles. The van der Waals surface area contributed by atoms with Crippen molar-refractivity contribution in [1.29, 1.82) is 0 Å². The number of amides is 1. The molecule has 2 aromatic carbocycles. The van der Waals surface area contributed by atoms with E-state index in [4.69, 9.17) is 5.11 Å². The van der Waals surface area contributed by atoms with Crippen molar-refractivity contribution in [2.45, 2.75) is 37.6 Å². The SMILES string of the molecule is O=C(O)CC[C@]1(Cc2ccc(-c3ccccc3)cc2)CCC(=O)N1. The second-order valence-electron chi connectivity index (χ2n) is 6.46. The molecule has 1 saturated heterocycles. The summed E-state index contributed by atoms with van der Waals surface area (Å²) in [5.41, 5.74) is 3.00. The van der Waals surface area contributed by atoms with Gasteiger partial charge in [-0.2, -0.15) is 0 Å². The second-order valence-corrected chi connectivity index (χ2v) is 6.46. The highest BCUT2D eigenvalue weighted by atomic mass is 16.4. The quantitative estimate of drug-likeness (QED) is 0.856. The van der Waals surface area contributed by atoms with E-state index in [9.17, 15) is 9.59 Å². The zero-order chi connectivity index (χ0) is 17.0. The number of hydrogen-bond donors (Lipinski definition) is 2. The molecule has 2 aromatic rings. The number of carbonyl (C=O) groups excluding carboxylic acids is 1. The summed E-state index contributed by atoms with van der Waals surface area (Å²) >= 11 is 0. The average Bonchev–Trinajstić information content (AvgIpc) is 2.96. The molecule has 24 heavy (non-hydrogen) atoms. The van der Waals surface area contributed by atoms with E-state index in [2.05, 4.69) is 41.7 Å². The van der Waals surface area contributed by atoms with Gasteiger partial charge in [0.05, 0.1) is 0 Å². The average molecular weight is 323 g/mol. The fourth-order valence-electron chi connectivity index (χ4n) is 3.36. The zero-order valence-corrected chi connectivity index (χ0v) is 13.5. The van der Waals surface area contributed by atoms with Crippen LogP contribution in [0, 0.1) is 0 Å². The highest BCUT2D eigenvalue weighted by Crippen LogP contribution is 2.30. The van der Waals surface area contributed by atoms with E-state index >= 15 is 0 Å². The van der Waals surface area contributed by atoms with Crippen molar-refractivity contribution in [1.82, 2.24) is 5.32 Å². The first-order valence-corrected chi connectivity index (χ1v) is 8.24. The Morgan fingerprint density at radius 1 is 1.04 bits per heavy atom. The van der Waals surface area contributed by atoms with E-state index in [1.165, 1.54) is 5.56 Å². The fraction of sp³-hybridized carbons (Fsp3) is 0.300. The predicted octanol–water partition coefficient (Wildman–Crippen LogP) is 3.41. The van der Waals surface area contributed by atoms with Gasteiger partial charge in [-0.3, -0.25) is 9.59 Å². The lowest BCUT2D eigenvalue weighted by atomic mass is 9.84. The van der Waals surface area contributed by atoms with E-state index in [1.807, 2.05) is 18.2 Å². The highest BCUT2D eigenvalue weighted by Gasteiger charge is 2.37. The standard InChI is InChI=1S/C20H21NO3/c22-18-10-12-20(21-18,13-11-19(23)24)14-15-6-8-17(9-7-15)16-4-2-1-3-5-16/h1-9H,10-14H2,(H,21,22)(H,23,24)/t20-/m0/s1. The maximum absolute atomic E-state index is 11.7. The lowest BCUT2D eigenvalue weighted by Crippen LogP contribution is -2.44. The zero-order valence-electron chi connectivity index (χ0n) is 13.5. The third-order valence-electron chi connectivity index (χ3n) is 4.66. The van der Waals surface area contributed by atoms with Gasteiger partial charge in [0.2, 0.25) is 5.91 Å². The van der Waals surface area contributed by atoms with Gasteiger partial charge in [0, 0.05) is 18.4 Å². The predicted molar refractivity (Wildman–Crippen MR) is 92.6 cm³/mol. The van der Waals surface area contributed by atoms with E-state index in [0.29, 0.717) is 25.7 Å². The molecule has 1 aliphatic rings. The Bertz CT molecular complexity index is 724. The van der Waals surface area contributed by atoms with Gasteiger partial charge in [0.25, 0.3) is 0 Å². The van der Waals surface area contributed by atoms with Crippen LogP contribution >= 0.6 is 0 Å². The minimum Gasteiger partial charge on any atom is -0.481 e. The molecule has 2 N–H and O–H groups in total. The number of carboxylic acid groups (broad SMARTS) is 1. The van der Waals surface area contributed by atoms with Gasteiger partial charge in [-0.1, -0.05) is 54.6 Å². The summed E-state index contributed by atoms with van der Waals surface area (Å²) in [7, 11) is 0. The van der Waals surface area contributed by atoms with Gasteiger partial charge in [0.15, 0.2) is 0 Å². The van der Waals surface area contributed by atoms with Crippen LogP contribution in [0.4, 0.5) is 0 Å². The van der Waals surface area contributed by atoms with Crippen molar-refractivity contribution < 1.29 is 14.7 Å². The van der Waals surface area contributed by atoms with Gasteiger partial charge < -0.3 is 10.4 Å². The molecule has 0 spiro atoms. The summed E-state index contributed by atoms with van der Waals surface area (Å²) in [6, 6.07) is 18.4.